The minimum atomic E-state index is -1.22. The van der Waals surface area contributed by atoms with Crippen LogP contribution in [0.5, 0.6) is 0 Å². The van der Waals surface area contributed by atoms with Gasteiger partial charge in [-0.25, -0.2) is 4.79 Å². The van der Waals surface area contributed by atoms with Crippen molar-refractivity contribution in [3.05, 3.63) is 0 Å². The zero-order valence-electron chi connectivity index (χ0n) is 17.3. The van der Waals surface area contributed by atoms with Crippen molar-refractivity contribution in [2.45, 2.75) is 51.2 Å². The largest absolute Gasteiger partial charge is 0.480 e. The van der Waals surface area contributed by atoms with Gasteiger partial charge >= 0.3 is 5.97 Å². The van der Waals surface area contributed by atoms with Crippen molar-refractivity contribution in [2.24, 2.45) is 28.1 Å². The molecule has 0 fully saturated rings. The third-order valence-electron chi connectivity index (χ3n) is 3.88. The SMILES string of the molecule is CC(C)CC(N)C(=O)NC(CS)C(=O)NCC(=O)NC(CCCN=C(N)N)C(=O)O. The molecule has 0 aliphatic heterocycles. The number of rotatable bonds is 14. The molecule has 172 valence electrons. The van der Waals surface area contributed by atoms with Crippen molar-refractivity contribution in [3.8, 4) is 0 Å². The number of carbonyl (C=O) groups is 4. The highest BCUT2D eigenvalue weighted by molar-refractivity contribution is 7.80. The summed E-state index contributed by atoms with van der Waals surface area (Å²) >= 11 is 4.03. The number of nitrogens with zero attached hydrogens (tertiary/aromatic N) is 1. The lowest BCUT2D eigenvalue weighted by atomic mass is 10.0. The van der Waals surface area contributed by atoms with Crippen LogP contribution < -0.4 is 33.2 Å². The lowest BCUT2D eigenvalue weighted by Crippen LogP contribution is -2.54. The summed E-state index contributed by atoms with van der Waals surface area (Å²) in [4.78, 5) is 51.2. The Balaban J connectivity index is 4.55. The normalized spacial score (nSPS) is 13.6. The molecule has 0 bridgehead atoms. The number of aliphatic carboxylic acids is 1. The van der Waals surface area contributed by atoms with E-state index in [1.165, 1.54) is 0 Å². The van der Waals surface area contributed by atoms with E-state index in [1.807, 2.05) is 13.8 Å². The fourth-order valence-electron chi connectivity index (χ4n) is 2.38. The monoisotopic (exact) mass is 447 g/mol. The molecule has 0 rings (SSSR count). The van der Waals surface area contributed by atoms with Gasteiger partial charge in [0.1, 0.15) is 12.1 Å². The average Bonchev–Trinajstić information content (AvgIpc) is 2.65. The highest BCUT2D eigenvalue weighted by Crippen LogP contribution is 2.03. The fourth-order valence-corrected chi connectivity index (χ4v) is 2.64. The van der Waals surface area contributed by atoms with E-state index in [-0.39, 0.29) is 30.6 Å². The molecule has 0 aliphatic carbocycles. The molecule has 30 heavy (non-hydrogen) atoms. The Hall–Kier alpha value is -2.54. The van der Waals surface area contributed by atoms with Crippen LogP contribution in [0.25, 0.3) is 0 Å². The standard InChI is InChI=1S/C17H33N7O5S/c1-9(2)6-10(18)14(26)24-12(8-30)15(27)22-7-13(25)23-11(16(28)29)4-3-5-21-17(19)20/h9-12,30H,3-8,18H2,1-2H3,(H,22,27)(H,23,25)(H,24,26)(H,28,29)(H4,19,20,21). The van der Waals surface area contributed by atoms with Gasteiger partial charge in [0.15, 0.2) is 5.96 Å². The zero-order valence-corrected chi connectivity index (χ0v) is 18.2. The number of carbonyl (C=O) groups excluding carboxylic acids is 3. The summed E-state index contributed by atoms with van der Waals surface area (Å²) in [6.45, 7) is 3.59. The summed E-state index contributed by atoms with van der Waals surface area (Å²) in [6, 6.07) is -2.90. The zero-order chi connectivity index (χ0) is 23.3. The lowest BCUT2D eigenvalue weighted by Gasteiger charge is -2.20. The van der Waals surface area contributed by atoms with Gasteiger partial charge < -0.3 is 38.3 Å². The maximum absolute atomic E-state index is 12.2. The first-order chi connectivity index (χ1) is 14.0. The predicted molar refractivity (Wildman–Crippen MR) is 116 cm³/mol. The van der Waals surface area contributed by atoms with Crippen LogP contribution in [0, 0.1) is 5.92 Å². The van der Waals surface area contributed by atoms with Crippen LogP contribution in [0.3, 0.4) is 0 Å². The van der Waals surface area contributed by atoms with Gasteiger partial charge in [-0.1, -0.05) is 13.8 Å². The molecule has 12 nitrogen and oxygen atoms in total. The first-order valence-corrected chi connectivity index (χ1v) is 10.1. The summed E-state index contributed by atoms with van der Waals surface area (Å²) < 4.78 is 0. The number of nitrogens with two attached hydrogens (primary N) is 3. The van der Waals surface area contributed by atoms with Crippen molar-refractivity contribution < 1.29 is 24.3 Å². The van der Waals surface area contributed by atoms with Gasteiger partial charge in [0.2, 0.25) is 17.7 Å². The van der Waals surface area contributed by atoms with Gasteiger partial charge in [0, 0.05) is 12.3 Å². The Morgan fingerprint density at radius 2 is 1.70 bits per heavy atom. The average molecular weight is 448 g/mol. The van der Waals surface area contributed by atoms with Crippen molar-refractivity contribution in [3.63, 3.8) is 0 Å². The first kappa shape index (κ1) is 27.5. The van der Waals surface area contributed by atoms with Crippen molar-refractivity contribution >= 4 is 42.3 Å². The maximum atomic E-state index is 12.2. The van der Waals surface area contributed by atoms with Crippen LogP contribution in [0.15, 0.2) is 4.99 Å². The molecule has 13 heteroatoms. The molecular weight excluding hydrogens is 414 g/mol. The lowest BCUT2D eigenvalue weighted by molar-refractivity contribution is -0.142. The van der Waals surface area contributed by atoms with E-state index in [0.717, 1.165) is 0 Å². The Labute approximate surface area is 181 Å². The smallest absolute Gasteiger partial charge is 0.326 e. The number of aliphatic imine (C=N–C) groups is 1. The second-order valence-electron chi connectivity index (χ2n) is 7.10. The second kappa shape index (κ2) is 14.4. The quantitative estimate of drug-likeness (QED) is 0.0615. The Kier molecular flexibility index (Phi) is 13.2. The van der Waals surface area contributed by atoms with E-state index < -0.39 is 48.4 Å². The number of hydrogen-bond acceptors (Lipinski definition) is 7. The first-order valence-electron chi connectivity index (χ1n) is 9.50. The van der Waals surface area contributed by atoms with E-state index in [2.05, 4.69) is 33.6 Å². The van der Waals surface area contributed by atoms with Gasteiger partial charge in [-0.3, -0.25) is 19.4 Å². The van der Waals surface area contributed by atoms with Gasteiger partial charge in [-0.05, 0) is 25.2 Å². The van der Waals surface area contributed by atoms with Crippen LogP contribution in [0.1, 0.15) is 33.1 Å². The van der Waals surface area contributed by atoms with E-state index in [0.29, 0.717) is 12.8 Å². The third-order valence-corrected chi connectivity index (χ3v) is 4.24. The molecule has 0 radical (unpaired) electrons. The number of guanidine groups is 1. The topological polar surface area (TPSA) is 215 Å². The molecule has 0 heterocycles. The van der Waals surface area contributed by atoms with E-state index in [9.17, 15) is 24.3 Å². The van der Waals surface area contributed by atoms with Gasteiger partial charge in [-0.15, -0.1) is 0 Å². The summed E-state index contributed by atoms with van der Waals surface area (Å²) in [5, 5.41) is 16.3. The number of nitrogens with one attached hydrogen (secondary N) is 3. The molecule has 0 spiro atoms. The number of carboxylic acid groups (broad SMARTS) is 1. The Morgan fingerprint density at radius 1 is 1.07 bits per heavy atom. The molecule has 3 atom stereocenters. The fraction of sp³-hybridized carbons (Fsp3) is 0.706. The van der Waals surface area contributed by atoms with Crippen LogP contribution in [-0.4, -0.2) is 71.7 Å². The van der Waals surface area contributed by atoms with Crippen molar-refractivity contribution in [2.75, 3.05) is 18.8 Å². The molecular formula is C17H33N7O5S. The minimum Gasteiger partial charge on any atom is -0.480 e. The summed E-state index contributed by atoms with van der Waals surface area (Å²) in [5.41, 5.74) is 16.2. The van der Waals surface area contributed by atoms with Crippen LogP contribution >= 0.6 is 12.6 Å². The molecule has 0 aromatic rings. The third kappa shape index (κ3) is 12.1. The molecule has 10 N–H and O–H groups in total. The highest BCUT2D eigenvalue weighted by Gasteiger charge is 2.24. The summed E-state index contributed by atoms with van der Waals surface area (Å²) in [6.07, 6.45) is 0.898. The second-order valence-corrected chi connectivity index (χ2v) is 7.47. The van der Waals surface area contributed by atoms with Crippen molar-refractivity contribution in [1.82, 2.24) is 16.0 Å². The van der Waals surface area contributed by atoms with Crippen LogP contribution in [0.2, 0.25) is 0 Å². The molecule has 3 amide bonds. The number of hydrogen-bond donors (Lipinski definition) is 8. The van der Waals surface area contributed by atoms with Gasteiger partial charge in [0.25, 0.3) is 0 Å². The minimum absolute atomic E-state index is 0.00384. The number of amides is 3. The molecule has 0 aromatic carbocycles. The molecule has 0 aliphatic rings. The molecule has 0 aromatic heterocycles. The van der Waals surface area contributed by atoms with Gasteiger partial charge in [0.05, 0.1) is 12.6 Å². The maximum Gasteiger partial charge on any atom is 0.326 e. The van der Waals surface area contributed by atoms with Gasteiger partial charge in [-0.2, -0.15) is 12.6 Å². The molecule has 0 saturated heterocycles. The predicted octanol–water partition coefficient (Wildman–Crippen LogP) is -2.49. The van der Waals surface area contributed by atoms with Crippen LogP contribution in [0.4, 0.5) is 0 Å². The molecule has 0 saturated carbocycles. The Morgan fingerprint density at radius 3 is 2.20 bits per heavy atom. The van der Waals surface area contributed by atoms with E-state index >= 15 is 0 Å². The highest BCUT2D eigenvalue weighted by atomic mass is 32.1. The van der Waals surface area contributed by atoms with E-state index in [4.69, 9.17) is 17.2 Å². The summed E-state index contributed by atoms with van der Waals surface area (Å²) in [7, 11) is 0. The van der Waals surface area contributed by atoms with E-state index in [1.54, 1.807) is 0 Å². The molecule has 3 unspecified atom stereocenters. The number of carboxylic acids is 1. The number of thiol groups is 1. The summed E-state index contributed by atoms with van der Waals surface area (Å²) in [5.74, 6) is -2.95. The van der Waals surface area contributed by atoms with Crippen LogP contribution in [-0.2, 0) is 19.2 Å². The van der Waals surface area contributed by atoms with Crippen molar-refractivity contribution in [1.29, 1.82) is 0 Å². The Bertz CT molecular complexity index is 626.